The van der Waals surface area contributed by atoms with Crippen LogP contribution in [0.2, 0.25) is 5.02 Å². The Hall–Kier alpha value is -1.36. The summed E-state index contributed by atoms with van der Waals surface area (Å²) in [4.78, 5) is 11.1. The summed E-state index contributed by atoms with van der Waals surface area (Å²) in [6, 6.07) is 13.1. The fourth-order valence-electron chi connectivity index (χ4n) is 1.84. The van der Waals surface area contributed by atoms with Crippen LogP contribution in [-0.2, 0) is 13.1 Å². The Labute approximate surface area is 131 Å². The van der Waals surface area contributed by atoms with E-state index in [0.29, 0.717) is 17.1 Å². The minimum absolute atomic E-state index is 0.409. The van der Waals surface area contributed by atoms with E-state index >= 15 is 0 Å². The smallest absolute Gasteiger partial charge is 0.248 e. The van der Waals surface area contributed by atoms with E-state index < -0.39 is 5.91 Å². The highest BCUT2D eigenvalue weighted by Gasteiger charge is 2.02. The molecule has 0 radical (unpaired) electrons. The predicted octanol–water partition coefficient (Wildman–Crippen LogP) is 3.49. The SMILES string of the molecule is NC(=O)c1cccc(CNCc2ccc(Cl)c(Br)c2)c1. The number of rotatable bonds is 5. The van der Waals surface area contributed by atoms with E-state index in [1.54, 1.807) is 12.1 Å². The van der Waals surface area contributed by atoms with Gasteiger partial charge in [-0.3, -0.25) is 4.79 Å². The average molecular weight is 354 g/mol. The van der Waals surface area contributed by atoms with E-state index in [9.17, 15) is 4.79 Å². The second-order valence-electron chi connectivity index (χ2n) is 4.42. The number of nitrogens with two attached hydrogens (primary N) is 1. The molecule has 3 N–H and O–H groups in total. The molecule has 0 fully saturated rings. The third-order valence-electron chi connectivity index (χ3n) is 2.85. The first-order valence-corrected chi connectivity index (χ1v) is 7.27. The minimum atomic E-state index is -0.409. The Kier molecular flexibility index (Phi) is 5.17. The van der Waals surface area contributed by atoms with Crippen LogP contribution in [0.15, 0.2) is 46.9 Å². The standard InChI is InChI=1S/C15H14BrClN2O/c16-13-7-11(4-5-14(13)17)9-19-8-10-2-1-3-12(6-10)15(18)20/h1-7,19H,8-9H2,(H2,18,20). The van der Waals surface area contributed by atoms with Gasteiger partial charge in [0.05, 0.1) is 5.02 Å². The molecule has 1 amide bonds. The Morgan fingerprint density at radius 3 is 2.50 bits per heavy atom. The first kappa shape index (κ1) is 15.0. The van der Waals surface area contributed by atoms with Gasteiger partial charge in [0.25, 0.3) is 0 Å². The van der Waals surface area contributed by atoms with E-state index in [4.69, 9.17) is 17.3 Å². The number of carbonyl (C=O) groups excluding carboxylic acids is 1. The first-order chi connectivity index (χ1) is 9.56. The maximum absolute atomic E-state index is 11.1. The molecule has 3 nitrogen and oxygen atoms in total. The summed E-state index contributed by atoms with van der Waals surface area (Å²) < 4.78 is 0.884. The van der Waals surface area contributed by atoms with Crippen LogP contribution in [0.3, 0.4) is 0 Å². The predicted molar refractivity (Wildman–Crippen MR) is 84.7 cm³/mol. The Bertz CT molecular complexity index is 631. The second kappa shape index (κ2) is 6.88. The van der Waals surface area contributed by atoms with E-state index in [-0.39, 0.29) is 0 Å². The molecule has 20 heavy (non-hydrogen) atoms. The number of hydrogen-bond acceptors (Lipinski definition) is 2. The van der Waals surface area contributed by atoms with Crippen molar-refractivity contribution in [3.05, 3.63) is 68.7 Å². The van der Waals surface area contributed by atoms with E-state index in [2.05, 4.69) is 21.2 Å². The highest BCUT2D eigenvalue weighted by molar-refractivity contribution is 9.10. The molecule has 0 bridgehead atoms. The number of amides is 1. The monoisotopic (exact) mass is 352 g/mol. The van der Waals surface area contributed by atoms with Crippen molar-refractivity contribution in [2.75, 3.05) is 0 Å². The van der Waals surface area contributed by atoms with Crippen molar-refractivity contribution in [1.82, 2.24) is 5.32 Å². The minimum Gasteiger partial charge on any atom is -0.366 e. The lowest BCUT2D eigenvalue weighted by Crippen LogP contribution is -2.15. The van der Waals surface area contributed by atoms with Gasteiger partial charge in [-0.05, 0) is 51.3 Å². The normalized spacial score (nSPS) is 10.5. The van der Waals surface area contributed by atoms with Crippen molar-refractivity contribution in [3.63, 3.8) is 0 Å². The molecule has 0 aliphatic carbocycles. The van der Waals surface area contributed by atoms with Gasteiger partial charge < -0.3 is 11.1 Å². The molecule has 5 heteroatoms. The van der Waals surface area contributed by atoms with Gasteiger partial charge in [0, 0.05) is 23.1 Å². The number of nitrogens with one attached hydrogen (secondary N) is 1. The van der Waals surface area contributed by atoms with Crippen molar-refractivity contribution >= 4 is 33.4 Å². The molecule has 2 aromatic rings. The maximum atomic E-state index is 11.1. The first-order valence-electron chi connectivity index (χ1n) is 6.09. The molecule has 0 atom stereocenters. The summed E-state index contributed by atoms with van der Waals surface area (Å²) in [5.41, 5.74) is 7.94. The van der Waals surface area contributed by atoms with Crippen molar-refractivity contribution in [2.45, 2.75) is 13.1 Å². The van der Waals surface area contributed by atoms with Crippen molar-refractivity contribution in [1.29, 1.82) is 0 Å². The van der Waals surface area contributed by atoms with Crippen molar-refractivity contribution in [2.24, 2.45) is 5.73 Å². The zero-order valence-electron chi connectivity index (χ0n) is 10.7. The molecule has 2 aromatic carbocycles. The van der Waals surface area contributed by atoms with Gasteiger partial charge in [0.2, 0.25) is 5.91 Å². The molecular formula is C15H14BrClN2O. The second-order valence-corrected chi connectivity index (χ2v) is 5.68. The summed E-state index contributed by atoms with van der Waals surface area (Å²) in [5.74, 6) is -0.409. The molecule has 0 unspecified atom stereocenters. The molecule has 0 spiro atoms. The highest BCUT2D eigenvalue weighted by Crippen LogP contribution is 2.23. The van der Waals surface area contributed by atoms with E-state index in [1.165, 1.54) is 0 Å². The fourth-order valence-corrected chi connectivity index (χ4v) is 2.38. The van der Waals surface area contributed by atoms with Crippen molar-refractivity contribution < 1.29 is 4.79 Å². The topological polar surface area (TPSA) is 55.1 Å². The van der Waals surface area contributed by atoms with Gasteiger partial charge in [0.15, 0.2) is 0 Å². The molecule has 0 saturated heterocycles. The lowest BCUT2D eigenvalue weighted by molar-refractivity contribution is 0.1000. The highest BCUT2D eigenvalue weighted by atomic mass is 79.9. The molecule has 0 aliphatic heterocycles. The van der Waals surface area contributed by atoms with Crippen LogP contribution in [0.5, 0.6) is 0 Å². The van der Waals surface area contributed by atoms with Gasteiger partial charge in [-0.15, -0.1) is 0 Å². The van der Waals surface area contributed by atoms with Crippen LogP contribution in [-0.4, -0.2) is 5.91 Å². The van der Waals surface area contributed by atoms with Crippen LogP contribution >= 0.6 is 27.5 Å². The molecule has 0 saturated carbocycles. The van der Waals surface area contributed by atoms with Crippen LogP contribution in [0, 0.1) is 0 Å². The maximum Gasteiger partial charge on any atom is 0.248 e. The number of carbonyl (C=O) groups is 1. The van der Waals surface area contributed by atoms with Gasteiger partial charge in [0.1, 0.15) is 0 Å². The van der Waals surface area contributed by atoms with Crippen LogP contribution in [0.1, 0.15) is 21.5 Å². The third-order valence-corrected chi connectivity index (χ3v) is 4.07. The summed E-state index contributed by atoms with van der Waals surface area (Å²) >= 11 is 9.34. The number of hydrogen-bond donors (Lipinski definition) is 2. The Morgan fingerprint density at radius 1 is 1.15 bits per heavy atom. The van der Waals surface area contributed by atoms with E-state index in [0.717, 1.165) is 22.1 Å². The molecule has 0 heterocycles. The van der Waals surface area contributed by atoms with Gasteiger partial charge >= 0.3 is 0 Å². The third kappa shape index (κ3) is 4.07. The van der Waals surface area contributed by atoms with Gasteiger partial charge in [-0.2, -0.15) is 0 Å². The molecule has 0 aromatic heterocycles. The lowest BCUT2D eigenvalue weighted by Gasteiger charge is -2.07. The quantitative estimate of drug-likeness (QED) is 0.864. The van der Waals surface area contributed by atoms with Crippen molar-refractivity contribution in [3.8, 4) is 0 Å². The molecular weight excluding hydrogens is 340 g/mol. The Morgan fingerprint density at radius 2 is 1.85 bits per heavy atom. The summed E-state index contributed by atoms with van der Waals surface area (Å²) in [6.07, 6.45) is 0. The molecule has 104 valence electrons. The zero-order chi connectivity index (χ0) is 14.5. The van der Waals surface area contributed by atoms with Gasteiger partial charge in [-0.1, -0.05) is 29.8 Å². The van der Waals surface area contributed by atoms with Crippen LogP contribution < -0.4 is 11.1 Å². The summed E-state index contributed by atoms with van der Waals surface area (Å²) in [7, 11) is 0. The fraction of sp³-hybridized carbons (Fsp3) is 0.133. The summed E-state index contributed by atoms with van der Waals surface area (Å²) in [6.45, 7) is 1.39. The van der Waals surface area contributed by atoms with Crippen LogP contribution in [0.4, 0.5) is 0 Å². The Balaban J connectivity index is 1.94. The molecule has 2 rings (SSSR count). The zero-order valence-corrected chi connectivity index (χ0v) is 13.0. The van der Waals surface area contributed by atoms with Crippen LogP contribution in [0.25, 0.3) is 0 Å². The number of primary amides is 1. The van der Waals surface area contributed by atoms with Gasteiger partial charge in [-0.25, -0.2) is 0 Å². The largest absolute Gasteiger partial charge is 0.366 e. The number of benzene rings is 2. The lowest BCUT2D eigenvalue weighted by atomic mass is 10.1. The average Bonchev–Trinajstić information content (AvgIpc) is 2.43. The number of halogens is 2. The summed E-state index contributed by atoms with van der Waals surface area (Å²) in [5, 5.41) is 4.01. The molecule has 0 aliphatic rings. The van der Waals surface area contributed by atoms with E-state index in [1.807, 2.05) is 30.3 Å².